The zero-order valence-corrected chi connectivity index (χ0v) is 17.4. The average Bonchev–Trinajstić information content (AvgIpc) is 3.07. The van der Waals surface area contributed by atoms with Crippen LogP contribution < -0.4 is 15.4 Å². The van der Waals surface area contributed by atoms with Crippen molar-refractivity contribution >= 4 is 23.1 Å². The molecule has 8 heteroatoms. The number of hydrogen-bond acceptors (Lipinski definition) is 5. The van der Waals surface area contributed by atoms with E-state index in [0.717, 1.165) is 22.5 Å². The van der Waals surface area contributed by atoms with Gasteiger partial charge < -0.3 is 15.2 Å². The Kier molecular flexibility index (Phi) is 5.74. The number of aromatic nitrogens is 3. The summed E-state index contributed by atoms with van der Waals surface area (Å²) in [6.07, 6.45) is 0. The van der Waals surface area contributed by atoms with Gasteiger partial charge in [-0.05, 0) is 17.7 Å². The Balaban J connectivity index is 1.77. The molecule has 0 bridgehead atoms. The molecular formula is C22H22ClN5O2. The molecule has 0 saturated carbocycles. The number of aromatic amines is 1. The van der Waals surface area contributed by atoms with Gasteiger partial charge in [0.05, 0.1) is 36.7 Å². The van der Waals surface area contributed by atoms with E-state index in [2.05, 4.69) is 20.4 Å². The molecule has 0 amide bonds. The molecule has 0 unspecified atom stereocenters. The largest absolute Gasteiger partial charge is 0.479 e. The van der Waals surface area contributed by atoms with Gasteiger partial charge in [0.25, 0.3) is 0 Å². The Morgan fingerprint density at radius 1 is 1.20 bits per heavy atom. The number of nitrogens with zero attached hydrogens (tertiary/aromatic N) is 3. The monoisotopic (exact) mass is 423 g/mol. The third-order valence-corrected chi connectivity index (χ3v) is 5.15. The van der Waals surface area contributed by atoms with Crippen molar-refractivity contribution in [1.29, 1.82) is 0 Å². The predicted octanol–water partition coefficient (Wildman–Crippen LogP) is 3.82. The van der Waals surface area contributed by atoms with Crippen LogP contribution >= 0.6 is 11.6 Å². The fourth-order valence-corrected chi connectivity index (χ4v) is 3.60. The number of benzene rings is 2. The molecule has 0 radical (unpaired) electrons. The van der Waals surface area contributed by atoms with E-state index in [1.807, 2.05) is 66.3 Å². The van der Waals surface area contributed by atoms with Crippen LogP contribution in [0.3, 0.4) is 0 Å². The molecule has 30 heavy (non-hydrogen) atoms. The van der Waals surface area contributed by atoms with Crippen molar-refractivity contribution in [2.75, 3.05) is 25.6 Å². The second-order valence-corrected chi connectivity index (χ2v) is 7.07. The SMILES string of the molecule is COc1nc2c(Nc3cccc(-c4ccccc4)c3Cl)[nH]n(C)c-2cc1=NCCO. The van der Waals surface area contributed by atoms with E-state index < -0.39 is 0 Å². The lowest BCUT2D eigenvalue weighted by Crippen LogP contribution is -2.13. The first-order valence-electron chi connectivity index (χ1n) is 9.48. The fraction of sp³-hybridized carbons (Fsp3) is 0.182. The van der Waals surface area contributed by atoms with Gasteiger partial charge in [-0.1, -0.05) is 54.1 Å². The van der Waals surface area contributed by atoms with Gasteiger partial charge >= 0.3 is 0 Å². The third-order valence-electron chi connectivity index (χ3n) is 4.74. The molecule has 2 aliphatic heterocycles. The number of fused-ring (bicyclic) bond motifs is 1. The van der Waals surface area contributed by atoms with Crippen LogP contribution in [-0.4, -0.2) is 40.1 Å². The van der Waals surface area contributed by atoms with Gasteiger partial charge in [-0.25, -0.2) is 4.98 Å². The molecule has 0 saturated heterocycles. The molecule has 4 rings (SSSR count). The number of H-pyrrole nitrogens is 1. The normalized spacial score (nSPS) is 11.8. The Bertz CT molecular complexity index is 1200. The van der Waals surface area contributed by atoms with Crippen LogP contribution in [-0.2, 0) is 7.05 Å². The molecule has 0 aromatic heterocycles. The standard InChI is InChI=1S/C22H22ClN5O2/c1-28-18-13-17(24-11-12-29)22(30-2)26-20(18)21(27-28)25-16-10-6-9-15(19(16)23)14-7-4-3-5-8-14/h3-10,13,25,27,29H,11-12H2,1-2H3. The third kappa shape index (κ3) is 3.77. The van der Waals surface area contributed by atoms with Crippen LogP contribution in [0.4, 0.5) is 11.5 Å². The number of methoxy groups -OCH3 is 1. The van der Waals surface area contributed by atoms with E-state index in [4.69, 9.17) is 21.4 Å². The van der Waals surface area contributed by atoms with E-state index in [0.29, 0.717) is 27.8 Å². The minimum absolute atomic E-state index is 0.0382. The van der Waals surface area contributed by atoms with Crippen LogP contribution in [0.15, 0.2) is 59.6 Å². The zero-order valence-electron chi connectivity index (χ0n) is 16.7. The lowest BCUT2D eigenvalue weighted by Gasteiger charge is -2.12. The molecule has 0 spiro atoms. The van der Waals surface area contributed by atoms with Crippen LogP contribution in [0, 0.1) is 0 Å². The summed E-state index contributed by atoms with van der Waals surface area (Å²) in [6.45, 7) is 0.244. The van der Waals surface area contributed by atoms with Crippen LogP contribution in [0.2, 0.25) is 5.02 Å². The smallest absolute Gasteiger partial charge is 0.240 e. The first-order chi connectivity index (χ1) is 14.6. The van der Waals surface area contributed by atoms with E-state index in [1.54, 1.807) is 7.11 Å². The Morgan fingerprint density at radius 2 is 2.00 bits per heavy atom. The van der Waals surface area contributed by atoms with Gasteiger partial charge in [0.15, 0.2) is 5.82 Å². The molecule has 0 atom stereocenters. The van der Waals surface area contributed by atoms with Gasteiger partial charge in [-0.2, -0.15) is 0 Å². The summed E-state index contributed by atoms with van der Waals surface area (Å²) in [7, 11) is 3.44. The summed E-state index contributed by atoms with van der Waals surface area (Å²) >= 11 is 6.73. The zero-order chi connectivity index (χ0) is 21.1. The topological polar surface area (TPSA) is 87.5 Å². The van der Waals surface area contributed by atoms with Crippen molar-refractivity contribution < 1.29 is 9.84 Å². The molecule has 0 fully saturated rings. The maximum absolute atomic E-state index is 9.07. The summed E-state index contributed by atoms with van der Waals surface area (Å²) in [5.74, 6) is 1.08. The molecular weight excluding hydrogens is 402 g/mol. The number of hydrogen-bond donors (Lipinski definition) is 3. The van der Waals surface area contributed by atoms with Gasteiger partial charge in [0.2, 0.25) is 5.88 Å². The molecule has 154 valence electrons. The van der Waals surface area contributed by atoms with Gasteiger partial charge in [0, 0.05) is 12.6 Å². The minimum atomic E-state index is -0.0382. The van der Waals surface area contributed by atoms with Crippen LogP contribution in [0.1, 0.15) is 0 Å². The van der Waals surface area contributed by atoms with Crippen molar-refractivity contribution in [2.24, 2.45) is 12.0 Å². The summed E-state index contributed by atoms with van der Waals surface area (Å²) < 4.78 is 7.25. The number of aryl methyl sites for hydroxylation is 1. The summed E-state index contributed by atoms with van der Waals surface area (Å²) in [6, 6.07) is 17.7. The van der Waals surface area contributed by atoms with Gasteiger partial charge in [0.1, 0.15) is 11.1 Å². The van der Waals surface area contributed by atoms with E-state index in [1.165, 1.54) is 0 Å². The maximum atomic E-state index is 9.07. The lowest BCUT2D eigenvalue weighted by molar-refractivity contribution is 0.305. The summed E-state index contributed by atoms with van der Waals surface area (Å²) in [5, 5.41) is 16.9. The van der Waals surface area contributed by atoms with Crippen LogP contribution in [0.25, 0.3) is 22.5 Å². The second-order valence-electron chi connectivity index (χ2n) is 6.69. The van der Waals surface area contributed by atoms with Crippen molar-refractivity contribution in [3.8, 4) is 28.4 Å². The Hall–Kier alpha value is -3.29. The molecule has 2 aromatic rings. The lowest BCUT2D eigenvalue weighted by atomic mass is 10.1. The fourth-order valence-electron chi connectivity index (χ4n) is 3.32. The number of halogens is 1. The molecule has 7 nitrogen and oxygen atoms in total. The molecule has 0 aliphatic carbocycles. The Morgan fingerprint density at radius 3 is 2.73 bits per heavy atom. The molecule has 2 aliphatic rings. The number of nitrogens with one attached hydrogen (secondary N) is 2. The summed E-state index contributed by atoms with van der Waals surface area (Å²) in [4.78, 5) is 8.95. The van der Waals surface area contributed by atoms with Gasteiger partial charge in [-0.15, -0.1) is 0 Å². The van der Waals surface area contributed by atoms with Gasteiger partial charge in [-0.3, -0.25) is 14.8 Å². The van der Waals surface area contributed by atoms with Crippen molar-refractivity contribution in [1.82, 2.24) is 14.8 Å². The highest BCUT2D eigenvalue weighted by atomic mass is 35.5. The highest BCUT2D eigenvalue weighted by Crippen LogP contribution is 2.37. The van der Waals surface area contributed by atoms with E-state index in [9.17, 15) is 0 Å². The van der Waals surface area contributed by atoms with E-state index in [-0.39, 0.29) is 13.2 Å². The van der Waals surface area contributed by atoms with Crippen molar-refractivity contribution in [2.45, 2.75) is 0 Å². The second kappa shape index (κ2) is 8.61. The summed E-state index contributed by atoms with van der Waals surface area (Å²) in [5.41, 5.74) is 4.28. The minimum Gasteiger partial charge on any atom is -0.479 e. The first kappa shape index (κ1) is 20.0. The number of ether oxygens (including phenoxy) is 1. The molecule has 2 heterocycles. The van der Waals surface area contributed by atoms with Crippen molar-refractivity contribution in [3.63, 3.8) is 0 Å². The first-order valence-corrected chi connectivity index (χ1v) is 9.86. The highest BCUT2D eigenvalue weighted by molar-refractivity contribution is 6.36. The van der Waals surface area contributed by atoms with Crippen LogP contribution in [0.5, 0.6) is 5.88 Å². The number of aliphatic hydroxyl groups is 1. The Labute approximate surface area is 179 Å². The average molecular weight is 424 g/mol. The highest BCUT2D eigenvalue weighted by Gasteiger charge is 2.19. The number of pyridine rings is 1. The number of rotatable bonds is 6. The number of aliphatic hydroxyl groups excluding tert-OH is 1. The van der Waals surface area contributed by atoms with E-state index >= 15 is 0 Å². The maximum Gasteiger partial charge on any atom is 0.240 e. The van der Waals surface area contributed by atoms with Crippen molar-refractivity contribution in [3.05, 3.63) is 65.0 Å². The molecule has 2 aromatic carbocycles. The molecule has 3 N–H and O–H groups in total. The quantitative estimate of drug-likeness (QED) is 0.440. The predicted molar refractivity (Wildman–Crippen MR) is 118 cm³/mol. The number of anilines is 2.